The molecule has 0 bridgehead atoms. The van der Waals surface area contributed by atoms with Crippen LogP contribution in [0, 0.1) is 0 Å². The van der Waals surface area contributed by atoms with Gasteiger partial charge in [-0.05, 0) is 6.92 Å². The molecule has 40 atom stereocenters. The Morgan fingerprint density at radius 3 is 0.980 bits per heavy atom. The summed E-state index contributed by atoms with van der Waals surface area (Å²) < 4.78 is 89.4. The third-order valence-electron chi connectivity index (χ3n) is 18.5. The van der Waals surface area contributed by atoms with Crippen molar-refractivity contribution in [3.63, 3.8) is 0 Å². The zero-order valence-corrected chi connectivity index (χ0v) is 54.9. The van der Waals surface area contributed by atoms with E-state index in [-0.39, 0.29) is 0 Å². The van der Waals surface area contributed by atoms with Crippen LogP contribution in [-0.2, 0) is 90.2 Å². The average Bonchev–Trinajstić information content (AvgIpc) is 0.768. The van der Waals surface area contributed by atoms with Crippen LogP contribution in [0.25, 0.3) is 0 Å². The molecule has 4 amide bonds. The summed E-state index contributed by atoms with van der Waals surface area (Å²) in [6, 6.07) is -6.61. The number of hydrogen-bond acceptors (Lipinski definition) is 40. The van der Waals surface area contributed by atoms with E-state index in [0.717, 1.165) is 27.7 Å². The Bertz CT molecular complexity index is 2640. The largest absolute Gasteiger partial charge is 0.394 e. The lowest BCUT2D eigenvalue weighted by Gasteiger charge is -2.51. The van der Waals surface area contributed by atoms with Gasteiger partial charge in [-0.25, -0.2) is 0 Å². The predicted octanol–water partition coefficient (Wildman–Crippen LogP) is -16.8. The van der Waals surface area contributed by atoms with Gasteiger partial charge in [0.05, 0.1) is 65.0 Å². The molecule has 25 N–H and O–H groups in total. The van der Waals surface area contributed by atoms with E-state index in [1.807, 2.05) is 0 Å². The highest BCUT2D eigenvalue weighted by atomic mass is 16.8. The SMILES string of the molecule is CC(=O)NC1C(OC2[C@@H](OCC3O[C@@H](O[C@@H]4C(CO)O[C@@H](O[C@@H]5C(CO)O[C@@H](C)C(NC(C)=O)[C@H]5O)C(NC(C)=O)[C@H]4O)C(O)[C@@H](O[C@H]4O[C@@H](CO)C(O)C(O)C4O[C@@H]4OC(CO)[C@@H](O[C@@H]5OC(CO)[C@H](O)[C@H](O)C5O)[C@H](O)C4NC(C)=O)[C@@H]3O)OC(CO)[C@@H](O)[C@@H]2O)O[C@@H](CO)[C@@H](O)C1O. The molecule has 584 valence electrons. The molecule has 8 saturated heterocycles. The lowest BCUT2D eigenvalue weighted by Crippen LogP contribution is -2.71. The molecule has 8 fully saturated rings. The number of carbonyl (C=O) groups is 4. The third kappa shape index (κ3) is 18.5. The molecule has 8 aliphatic rings. The Kier molecular flexibility index (Phi) is 29.9. The number of nitrogens with one attached hydrogen (secondary N) is 4. The van der Waals surface area contributed by atoms with Crippen molar-refractivity contribution in [2.75, 3.05) is 52.9 Å². The first-order valence-corrected chi connectivity index (χ1v) is 32.4. The first-order chi connectivity index (χ1) is 47.8. The van der Waals surface area contributed by atoms with Crippen LogP contribution < -0.4 is 21.3 Å². The fourth-order valence-corrected chi connectivity index (χ4v) is 13.2. The van der Waals surface area contributed by atoms with Gasteiger partial charge in [0.2, 0.25) is 23.6 Å². The van der Waals surface area contributed by atoms with Gasteiger partial charge in [-0.15, -0.1) is 0 Å². The predicted molar refractivity (Wildman–Crippen MR) is 314 cm³/mol. The minimum Gasteiger partial charge on any atom is -0.394 e. The number of hydrogen-bond donors (Lipinski definition) is 25. The summed E-state index contributed by atoms with van der Waals surface area (Å²) in [5.74, 6) is -3.23. The van der Waals surface area contributed by atoms with E-state index < -0.39 is 322 Å². The van der Waals surface area contributed by atoms with Crippen molar-refractivity contribution in [1.29, 1.82) is 0 Å². The molecule has 18 unspecified atom stereocenters. The summed E-state index contributed by atoms with van der Waals surface area (Å²) in [6.07, 6.45) is -71.3. The Morgan fingerprint density at radius 1 is 0.267 bits per heavy atom. The van der Waals surface area contributed by atoms with Crippen molar-refractivity contribution in [1.82, 2.24) is 21.3 Å². The summed E-state index contributed by atoms with van der Waals surface area (Å²) in [5.41, 5.74) is 0. The molecule has 0 saturated carbocycles. The number of carbonyl (C=O) groups excluding carboxylic acids is 4. The van der Waals surface area contributed by atoms with Crippen LogP contribution in [0.15, 0.2) is 0 Å². The number of aliphatic hydroxyl groups excluding tert-OH is 21. The van der Waals surface area contributed by atoms with Crippen LogP contribution in [-0.4, -0.2) is 429 Å². The van der Waals surface area contributed by atoms with Gasteiger partial charge in [-0.1, -0.05) is 0 Å². The number of amides is 4. The van der Waals surface area contributed by atoms with E-state index >= 15 is 0 Å². The molecule has 0 aliphatic carbocycles. The highest BCUT2D eigenvalue weighted by molar-refractivity contribution is 5.74. The van der Waals surface area contributed by atoms with Crippen LogP contribution in [0.2, 0.25) is 0 Å². The number of aliphatic hydroxyl groups is 21. The second-order valence-electron chi connectivity index (χ2n) is 25.7. The van der Waals surface area contributed by atoms with Gasteiger partial charge in [0.15, 0.2) is 44.0 Å². The lowest BCUT2D eigenvalue weighted by molar-refractivity contribution is -0.398. The number of ether oxygens (including phenoxy) is 15. The fourth-order valence-electron chi connectivity index (χ4n) is 13.2. The van der Waals surface area contributed by atoms with Gasteiger partial charge >= 0.3 is 0 Å². The molecule has 44 heteroatoms. The monoisotopic (exact) mass is 1480 g/mol. The number of rotatable bonds is 26. The van der Waals surface area contributed by atoms with E-state index in [2.05, 4.69) is 21.3 Å². The maximum absolute atomic E-state index is 12.9. The van der Waals surface area contributed by atoms with Gasteiger partial charge in [0.25, 0.3) is 0 Å². The topological polar surface area (TPSA) is 680 Å². The van der Waals surface area contributed by atoms with Gasteiger partial charge in [-0.2, -0.15) is 0 Å². The second kappa shape index (κ2) is 36.4. The molecule has 0 aromatic carbocycles. The summed E-state index contributed by atoms with van der Waals surface area (Å²) in [7, 11) is 0. The molecule has 8 heterocycles. The zero-order valence-electron chi connectivity index (χ0n) is 54.9. The van der Waals surface area contributed by atoms with Crippen LogP contribution in [0.4, 0.5) is 0 Å². The molecule has 8 rings (SSSR count). The molecule has 0 aromatic rings. The quantitative estimate of drug-likeness (QED) is 0.0382. The van der Waals surface area contributed by atoms with Crippen molar-refractivity contribution >= 4 is 23.6 Å². The van der Waals surface area contributed by atoms with Crippen LogP contribution >= 0.6 is 0 Å². The van der Waals surface area contributed by atoms with E-state index in [0.29, 0.717) is 0 Å². The minimum absolute atomic E-state index is 0.610. The molecule has 0 spiro atoms. The third-order valence-corrected chi connectivity index (χ3v) is 18.5. The summed E-state index contributed by atoms with van der Waals surface area (Å²) in [4.78, 5) is 50.4. The summed E-state index contributed by atoms with van der Waals surface area (Å²) in [6.45, 7) is -2.66. The fraction of sp³-hybridized carbons (Fsp3) is 0.930. The van der Waals surface area contributed by atoms with Gasteiger partial charge in [0, 0.05) is 27.7 Å². The Morgan fingerprint density at radius 2 is 0.554 bits per heavy atom. The maximum Gasteiger partial charge on any atom is 0.217 e. The Labute approximate surface area is 573 Å². The molecule has 44 nitrogen and oxygen atoms in total. The van der Waals surface area contributed by atoms with Crippen molar-refractivity contribution in [2.24, 2.45) is 0 Å². The second-order valence-corrected chi connectivity index (χ2v) is 25.7. The highest BCUT2D eigenvalue weighted by Crippen LogP contribution is 2.39. The molecule has 101 heavy (non-hydrogen) atoms. The van der Waals surface area contributed by atoms with Crippen LogP contribution in [0.5, 0.6) is 0 Å². The van der Waals surface area contributed by atoms with Gasteiger partial charge in [-0.3, -0.25) is 19.2 Å². The van der Waals surface area contributed by atoms with Crippen LogP contribution in [0.1, 0.15) is 34.6 Å². The standard InChI is InChI=1S/C57H96N4O40/c1-14-27(58-15(2)69)37(79)45(23(10-66)88-14)96-52-29(60-17(4)71)38(80)47(25(12-68)93-52)98-55-44(86)48(35(77)26(95-55)13-87-56-49(41(83)33(75)21(8-64)91-56)100-51-28(59-16(3)70)36(78)31(73)19(6-62)89-51)99-57-50(42(84)34(76)22(9-65)92-57)101-53-30(61-18(5)72)39(81)46(24(11-67)94-53)97-54-43(85)40(82)32(74)20(7-63)90-54/h14,19-57,62-68,73-86H,6-13H2,1-5H3,(H,58,69)(H,59,70)(H,60,71)(H,61,72)/t14-,19-,20?,21?,22-,23?,24?,25?,26?,27?,28?,29?,30?,31+,32-,33+,34?,35+,36?,37+,38+,39+,40-,41-,42?,43?,44?,45+,46+,47+,48-,49?,50?,51?,52-,53-,54-,55-,56-,57+/m0/s1. The smallest absolute Gasteiger partial charge is 0.217 e. The molecular formula is C57H96N4O40. The lowest BCUT2D eigenvalue weighted by atomic mass is 9.92. The van der Waals surface area contributed by atoms with Crippen molar-refractivity contribution in [3.05, 3.63) is 0 Å². The molecule has 0 aromatic heterocycles. The maximum atomic E-state index is 12.9. The van der Waals surface area contributed by atoms with E-state index in [1.165, 1.54) is 6.92 Å². The average molecular weight is 1480 g/mol. The summed E-state index contributed by atoms with van der Waals surface area (Å²) in [5, 5.41) is 242. The van der Waals surface area contributed by atoms with E-state index in [9.17, 15) is 126 Å². The van der Waals surface area contributed by atoms with Crippen molar-refractivity contribution in [2.45, 2.75) is 280 Å². The zero-order chi connectivity index (χ0) is 74.5. The Hall–Kier alpha value is -3.56. The molecular weight excluding hydrogens is 1380 g/mol. The Balaban J connectivity index is 1.14. The van der Waals surface area contributed by atoms with Gasteiger partial charge < -0.3 is 200 Å². The molecule has 0 radical (unpaired) electrons. The summed E-state index contributed by atoms with van der Waals surface area (Å²) >= 11 is 0. The highest BCUT2D eigenvalue weighted by Gasteiger charge is 2.60. The van der Waals surface area contributed by atoms with E-state index in [4.69, 9.17) is 71.1 Å². The first-order valence-electron chi connectivity index (χ1n) is 32.4. The molecule has 8 aliphatic heterocycles. The van der Waals surface area contributed by atoms with Crippen LogP contribution in [0.3, 0.4) is 0 Å². The normalized spacial score (nSPS) is 48.3. The van der Waals surface area contributed by atoms with Gasteiger partial charge in [0.1, 0.15) is 189 Å². The van der Waals surface area contributed by atoms with E-state index in [1.54, 1.807) is 0 Å². The van der Waals surface area contributed by atoms with Crippen molar-refractivity contribution < 1.29 is 197 Å². The van der Waals surface area contributed by atoms with Crippen molar-refractivity contribution in [3.8, 4) is 0 Å². The minimum atomic E-state index is -2.50. The first kappa shape index (κ1) is 83.1.